The minimum absolute atomic E-state index is 0.0207. The lowest BCUT2D eigenvalue weighted by Crippen LogP contribution is -2.44. The number of aryl methyl sites for hydroxylation is 1. The van der Waals surface area contributed by atoms with E-state index in [4.69, 9.17) is 16.3 Å². The largest absolute Gasteiger partial charge is 0.489 e. The van der Waals surface area contributed by atoms with Crippen molar-refractivity contribution >= 4 is 17.6 Å². The third-order valence-electron chi connectivity index (χ3n) is 4.13. The first kappa shape index (κ1) is 21.1. The summed E-state index contributed by atoms with van der Waals surface area (Å²) >= 11 is 5.90. The Morgan fingerprint density at radius 1 is 1.26 bits per heavy atom. The molecule has 1 heterocycles. The van der Waals surface area contributed by atoms with Crippen LogP contribution in [-0.2, 0) is 7.05 Å². The van der Waals surface area contributed by atoms with Crippen molar-refractivity contribution in [1.29, 1.82) is 0 Å². The zero-order valence-corrected chi connectivity index (χ0v) is 17.4. The molecule has 0 aliphatic rings. The monoisotopic (exact) mass is 392 g/mol. The summed E-state index contributed by atoms with van der Waals surface area (Å²) in [5.41, 5.74) is 1.16. The molecule has 2 unspecified atom stereocenters. The number of guanidine groups is 1. The standard InChI is InChI=1S/C19H29ClN6O/c1-14(27-17-8-6-16(20)7-9-17)10-22-19(21-2)23-12-18(25(3)4)15-11-24-26(5)13-15/h6-9,11,13-14,18H,10,12H2,1-5H3,(H2,21,22,23). The van der Waals surface area contributed by atoms with Gasteiger partial charge < -0.3 is 20.3 Å². The topological polar surface area (TPSA) is 66.7 Å². The molecule has 0 bridgehead atoms. The molecule has 2 N–H and O–H groups in total. The highest BCUT2D eigenvalue weighted by Crippen LogP contribution is 2.17. The van der Waals surface area contributed by atoms with E-state index in [-0.39, 0.29) is 12.1 Å². The third-order valence-corrected chi connectivity index (χ3v) is 4.38. The maximum Gasteiger partial charge on any atom is 0.191 e. The lowest BCUT2D eigenvalue weighted by molar-refractivity contribution is 0.223. The first-order chi connectivity index (χ1) is 12.9. The maximum atomic E-state index is 5.90. The smallest absolute Gasteiger partial charge is 0.191 e. The van der Waals surface area contributed by atoms with Crippen molar-refractivity contribution in [2.45, 2.75) is 19.1 Å². The van der Waals surface area contributed by atoms with Gasteiger partial charge in [0.1, 0.15) is 11.9 Å². The number of hydrogen-bond donors (Lipinski definition) is 2. The molecule has 2 aromatic rings. The molecule has 0 amide bonds. The summed E-state index contributed by atoms with van der Waals surface area (Å²) < 4.78 is 7.69. The van der Waals surface area contributed by atoms with Gasteiger partial charge in [0.25, 0.3) is 0 Å². The summed E-state index contributed by atoms with van der Waals surface area (Å²) in [6.07, 6.45) is 3.91. The van der Waals surface area contributed by atoms with Crippen LogP contribution in [0.5, 0.6) is 5.75 Å². The lowest BCUT2D eigenvalue weighted by atomic mass is 10.1. The van der Waals surface area contributed by atoms with Gasteiger partial charge in [0.15, 0.2) is 5.96 Å². The van der Waals surface area contributed by atoms with Gasteiger partial charge in [-0.2, -0.15) is 5.10 Å². The first-order valence-corrected chi connectivity index (χ1v) is 9.28. The molecule has 0 aliphatic carbocycles. The van der Waals surface area contributed by atoms with Gasteiger partial charge in [0, 0.05) is 37.4 Å². The normalized spacial score (nSPS) is 14.1. The van der Waals surface area contributed by atoms with E-state index in [9.17, 15) is 0 Å². The highest BCUT2D eigenvalue weighted by atomic mass is 35.5. The molecule has 2 atom stereocenters. The van der Waals surface area contributed by atoms with Crippen LogP contribution >= 0.6 is 11.6 Å². The van der Waals surface area contributed by atoms with Crippen LogP contribution in [0.15, 0.2) is 41.7 Å². The Morgan fingerprint density at radius 3 is 2.48 bits per heavy atom. The number of aliphatic imine (C=N–C) groups is 1. The molecular weight excluding hydrogens is 364 g/mol. The van der Waals surface area contributed by atoms with Crippen molar-refractivity contribution in [2.24, 2.45) is 12.0 Å². The summed E-state index contributed by atoms with van der Waals surface area (Å²) in [4.78, 5) is 6.45. The molecule has 0 spiro atoms. The SMILES string of the molecule is CN=C(NCC(C)Oc1ccc(Cl)cc1)NCC(c1cnn(C)c1)N(C)C. The molecule has 1 aromatic heterocycles. The summed E-state index contributed by atoms with van der Waals surface area (Å²) in [6.45, 7) is 3.35. The van der Waals surface area contributed by atoms with Crippen LogP contribution in [0.25, 0.3) is 0 Å². The highest BCUT2D eigenvalue weighted by molar-refractivity contribution is 6.30. The summed E-state index contributed by atoms with van der Waals surface area (Å²) in [7, 11) is 7.79. The second kappa shape index (κ2) is 10.2. The summed E-state index contributed by atoms with van der Waals surface area (Å²) in [5.74, 6) is 1.53. The number of ether oxygens (including phenoxy) is 1. The fourth-order valence-corrected chi connectivity index (χ4v) is 2.78. The highest BCUT2D eigenvalue weighted by Gasteiger charge is 2.16. The van der Waals surface area contributed by atoms with Gasteiger partial charge in [-0.15, -0.1) is 0 Å². The maximum absolute atomic E-state index is 5.90. The van der Waals surface area contributed by atoms with E-state index in [1.807, 2.05) is 55.3 Å². The average molecular weight is 393 g/mol. The van der Waals surface area contributed by atoms with Crippen LogP contribution < -0.4 is 15.4 Å². The van der Waals surface area contributed by atoms with Gasteiger partial charge in [0.05, 0.1) is 18.8 Å². The second-order valence-electron chi connectivity index (χ2n) is 6.64. The molecule has 0 saturated heterocycles. The van der Waals surface area contributed by atoms with Crippen LogP contribution in [0.4, 0.5) is 0 Å². The van der Waals surface area contributed by atoms with E-state index in [1.165, 1.54) is 0 Å². The van der Waals surface area contributed by atoms with E-state index in [2.05, 4.69) is 39.7 Å². The fourth-order valence-electron chi connectivity index (χ4n) is 2.65. The Labute approximate surface area is 166 Å². The number of benzene rings is 1. The number of hydrogen-bond acceptors (Lipinski definition) is 4. The predicted molar refractivity (Wildman–Crippen MR) is 111 cm³/mol. The lowest BCUT2D eigenvalue weighted by Gasteiger charge is -2.25. The zero-order valence-electron chi connectivity index (χ0n) is 16.6. The predicted octanol–water partition coefficient (Wildman–Crippen LogP) is 2.31. The number of aromatic nitrogens is 2. The average Bonchev–Trinajstić information content (AvgIpc) is 3.05. The second-order valence-corrected chi connectivity index (χ2v) is 7.08. The molecule has 8 heteroatoms. The molecule has 2 rings (SSSR count). The van der Waals surface area contributed by atoms with Gasteiger partial charge in [0.2, 0.25) is 0 Å². The number of nitrogens with zero attached hydrogens (tertiary/aromatic N) is 4. The van der Waals surface area contributed by atoms with E-state index in [1.54, 1.807) is 7.05 Å². The Balaban J connectivity index is 1.83. The first-order valence-electron chi connectivity index (χ1n) is 8.90. The minimum Gasteiger partial charge on any atom is -0.489 e. The van der Waals surface area contributed by atoms with Gasteiger partial charge in [-0.25, -0.2) is 0 Å². The number of rotatable bonds is 8. The van der Waals surface area contributed by atoms with Crippen molar-refractivity contribution in [1.82, 2.24) is 25.3 Å². The van der Waals surface area contributed by atoms with E-state index in [0.717, 1.165) is 17.3 Å². The molecule has 27 heavy (non-hydrogen) atoms. The van der Waals surface area contributed by atoms with Crippen LogP contribution in [0.1, 0.15) is 18.5 Å². The zero-order chi connectivity index (χ0) is 19.8. The van der Waals surface area contributed by atoms with Crippen LogP contribution in [0.2, 0.25) is 5.02 Å². The van der Waals surface area contributed by atoms with Crippen molar-refractivity contribution < 1.29 is 4.74 Å². The van der Waals surface area contributed by atoms with Crippen molar-refractivity contribution in [3.63, 3.8) is 0 Å². The van der Waals surface area contributed by atoms with Gasteiger partial charge in [-0.1, -0.05) is 11.6 Å². The number of halogens is 1. The Hall–Kier alpha value is -2.25. The Kier molecular flexibility index (Phi) is 7.94. The van der Waals surface area contributed by atoms with Gasteiger partial charge in [-0.3, -0.25) is 9.67 Å². The molecule has 0 saturated carbocycles. The Bertz CT molecular complexity index is 728. The summed E-state index contributed by atoms with van der Waals surface area (Å²) in [5, 5.41) is 11.6. The minimum atomic E-state index is -0.0207. The fraction of sp³-hybridized carbons (Fsp3) is 0.474. The quantitative estimate of drug-likeness (QED) is 0.533. The number of nitrogens with one attached hydrogen (secondary N) is 2. The van der Waals surface area contributed by atoms with Crippen molar-refractivity contribution in [3.05, 3.63) is 47.2 Å². The molecule has 0 aliphatic heterocycles. The van der Waals surface area contributed by atoms with Gasteiger partial charge in [-0.05, 0) is 45.3 Å². The molecule has 1 aromatic carbocycles. The molecule has 0 radical (unpaired) electrons. The summed E-state index contributed by atoms with van der Waals surface area (Å²) in [6, 6.07) is 7.55. The van der Waals surface area contributed by atoms with E-state index in [0.29, 0.717) is 18.1 Å². The van der Waals surface area contributed by atoms with Crippen molar-refractivity contribution in [3.8, 4) is 5.75 Å². The molecule has 148 valence electrons. The van der Waals surface area contributed by atoms with Crippen molar-refractivity contribution in [2.75, 3.05) is 34.2 Å². The Morgan fingerprint density at radius 2 is 1.93 bits per heavy atom. The third kappa shape index (κ3) is 6.77. The van der Waals surface area contributed by atoms with Crippen LogP contribution in [-0.4, -0.2) is 61.0 Å². The van der Waals surface area contributed by atoms with E-state index < -0.39 is 0 Å². The molecule has 0 fully saturated rings. The van der Waals surface area contributed by atoms with Crippen LogP contribution in [0.3, 0.4) is 0 Å². The molecule has 7 nitrogen and oxygen atoms in total. The van der Waals surface area contributed by atoms with Gasteiger partial charge >= 0.3 is 0 Å². The van der Waals surface area contributed by atoms with E-state index >= 15 is 0 Å². The molecular formula is C19H29ClN6O. The van der Waals surface area contributed by atoms with Crippen LogP contribution in [0, 0.1) is 0 Å². The number of likely N-dealkylation sites (N-methyl/N-ethyl adjacent to an activating group) is 1.